The average molecular weight is 512 g/mol. The largest absolute Gasteiger partial charge is 0.352 e. The molecular formula is C29H23ClFN5O. The van der Waals surface area contributed by atoms with Gasteiger partial charge in [0.25, 0.3) is 5.91 Å². The van der Waals surface area contributed by atoms with Gasteiger partial charge in [-0.15, -0.1) is 0 Å². The van der Waals surface area contributed by atoms with Crippen molar-refractivity contribution in [2.45, 2.75) is 0 Å². The molecule has 37 heavy (non-hydrogen) atoms. The fraction of sp³-hybridized carbons (Fsp3) is 0.138. The van der Waals surface area contributed by atoms with Crippen LogP contribution in [0.2, 0.25) is 5.02 Å². The molecule has 0 N–H and O–H groups in total. The van der Waals surface area contributed by atoms with Crippen LogP contribution in [0, 0.1) is 5.82 Å². The summed E-state index contributed by atoms with van der Waals surface area (Å²) in [5.74, 6) is 0.394. The van der Waals surface area contributed by atoms with Gasteiger partial charge in [0.05, 0.1) is 5.39 Å². The maximum absolute atomic E-state index is 13.3. The highest BCUT2D eigenvalue weighted by molar-refractivity contribution is 6.30. The van der Waals surface area contributed by atoms with Crippen molar-refractivity contribution < 1.29 is 9.18 Å². The number of rotatable bonds is 4. The van der Waals surface area contributed by atoms with E-state index < -0.39 is 0 Å². The predicted octanol–water partition coefficient (Wildman–Crippen LogP) is 5.84. The van der Waals surface area contributed by atoms with Crippen molar-refractivity contribution in [3.8, 4) is 16.8 Å². The molecule has 0 radical (unpaired) electrons. The minimum atomic E-state index is -0.353. The van der Waals surface area contributed by atoms with Gasteiger partial charge in [-0.05, 0) is 54.1 Å². The molecule has 8 heteroatoms. The van der Waals surface area contributed by atoms with E-state index in [-0.39, 0.29) is 11.7 Å². The molecule has 1 saturated heterocycles. The summed E-state index contributed by atoms with van der Waals surface area (Å²) in [6.45, 7) is 2.33. The second-order valence-electron chi connectivity index (χ2n) is 8.94. The zero-order valence-corrected chi connectivity index (χ0v) is 20.6. The summed E-state index contributed by atoms with van der Waals surface area (Å²) in [6, 6.07) is 23.6. The Kier molecular flexibility index (Phi) is 6.06. The lowest BCUT2D eigenvalue weighted by Crippen LogP contribution is -2.49. The highest BCUT2D eigenvalue weighted by atomic mass is 35.5. The number of halogens is 2. The first-order chi connectivity index (χ1) is 18.1. The van der Waals surface area contributed by atoms with E-state index in [0.29, 0.717) is 36.8 Å². The number of hydrogen-bond donors (Lipinski definition) is 0. The summed E-state index contributed by atoms with van der Waals surface area (Å²) in [5.41, 5.74) is 4.35. The summed E-state index contributed by atoms with van der Waals surface area (Å²) >= 11 is 6.14. The maximum Gasteiger partial charge on any atom is 0.253 e. The summed E-state index contributed by atoms with van der Waals surface area (Å²) in [6.07, 6.45) is 3.69. The lowest BCUT2D eigenvalue weighted by molar-refractivity contribution is 0.0746. The summed E-state index contributed by atoms with van der Waals surface area (Å²) in [7, 11) is 0. The van der Waals surface area contributed by atoms with Gasteiger partial charge >= 0.3 is 0 Å². The van der Waals surface area contributed by atoms with Crippen molar-refractivity contribution >= 4 is 34.4 Å². The number of anilines is 1. The molecule has 6 rings (SSSR count). The molecular weight excluding hydrogens is 489 g/mol. The Morgan fingerprint density at radius 2 is 1.54 bits per heavy atom. The number of aromatic nitrogens is 3. The molecule has 0 bridgehead atoms. The highest BCUT2D eigenvalue weighted by Crippen LogP contribution is 2.37. The van der Waals surface area contributed by atoms with Gasteiger partial charge in [-0.3, -0.25) is 4.79 Å². The van der Waals surface area contributed by atoms with E-state index in [1.165, 1.54) is 24.3 Å². The van der Waals surface area contributed by atoms with Crippen LogP contribution in [0.1, 0.15) is 10.4 Å². The third-order valence-electron chi connectivity index (χ3n) is 6.71. The third-order valence-corrected chi connectivity index (χ3v) is 6.96. The van der Waals surface area contributed by atoms with Gasteiger partial charge in [0.2, 0.25) is 0 Å². The van der Waals surface area contributed by atoms with E-state index in [9.17, 15) is 9.18 Å². The molecule has 2 aromatic heterocycles. The van der Waals surface area contributed by atoms with Crippen LogP contribution in [0.4, 0.5) is 10.2 Å². The van der Waals surface area contributed by atoms with E-state index in [1.807, 2.05) is 42.5 Å². The summed E-state index contributed by atoms with van der Waals surface area (Å²) in [5, 5.41) is 1.63. The third kappa shape index (κ3) is 4.42. The molecule has 3 heterocycles. The van der Waals surface area contributed by atoms with E-state index in [4.69, 9.17) is 16.6 Å². The molecule has 0 atom stereocenters. The van der Waals surface area contributed by atoms with Crippen LogP contribution < -0.4 is 4.90 Å². The van der Waals surface area contributed by atoms with Crippen LogP contribution in [0.5, 0.6) is 0 Å². The lowest BCUT2D eigenvalue weighted by atomic mass is 10.1. The van der Waals surface area contributed by atoms with Crippen molar-refractivity contribution in [1.29, 1.82) is 0 Å². The van der Waals surface area contributed by atoms with E-state index >= 15 is 0 Å². The van der Waals surface area contributed by atoms with Crippen LogP contribution in [0.3, 0.4) is 0 Å². The van der Waals surface area contributed by atoms with Crippen LogP contribution >= 0.6 is 11.6 Å². The second kappa shape index (κ2) is 9.67. The van der Waals surface area contributed by atoms with Gasteiger partial charge < -0.3 is 14.4 Å². The van der Waals surface area contributed by atoms with Gasteiger partial charge in [-0.2, -0.15) is 0 Å². The number of fused-ring (bicyclic) bond motifs is 1. The van der Waals surface area contributed by atoms with Crippen LogP contribution in [-0.2, 0) is 0 Å². The highest BCUT2D eigenvalue weighted by Gasteiger charge is 2.26. The van der Waals surface area contributed by atoms with E-state index in [1.54, 1.807) is 11.2 Å². The van der Waals surface area contributed by atoms with Gasteiger partial charge in [0.15, 0.2) is 5.65 Å². The molecule has 0 saturated carbocycles. The standard InChI is InChI=1S/C29H23ClFN5O/c30-22-8-12-24(13-9-22)36-18-25(20-4-2-1-3-5-20)26-27(32-19-33-28(26)36)34-14-16-35(17-15-34)29(37)21-6-10-23(31)11-7-21/h1-13,18-19H,14-17H2. The molecule has 3 aromatic carbocycles. The first kappa shape index (κ1) is 23.2. The molecule has 0 unspecified atom stereocenters. The van der Waals surface area contributed by atoms with Gasteiger partial charge in [0, 0.05) is 54.2 Å². The molecule has 0 spiro atoms. The minimum Gasteiger partial charge on any atom is -0.352 e. The van der Waals surface area contributed by atoms with Gasteiger partial charge in [0.1, 0.15) is 18.0 Å². The topological polar surface area (TPSA) is 54.3 Å². The summed E-state index contributed by atoms with van der Waals surface area (Å²) in [4.78, 5) is 26.3. The summed E-state index contributed by atoms with van der Waals surface area (Å²) < 4.78 is 15.4. The molecule has 1 amide bonds. The van der Waals surface area contributed by atoms with Crippen molar-refractivity contribution in [2.75, 3.05) is 31.1 Å². The van der Waals surface area contributed by atoms with E-state index in [0.717, 1.165) is 33.7 Å². The zero-order valence-electron chi connectivity index (χ0n) is 19.9. The number of piperazine rings is 1. The van der Waals surface area contributed by atoms with Crippen molar-refractivity contribution in [2.24, 2.45) is 0 Å². The Morgan fingerprint density at radius 3 is 2.24 bits per heavy atom. The quantitative estimate of drug-likeness (QED) is 0.304. The average Bonchev–Trinajstić information content (AvgIpc) is 3.34. The molecule has 1 aliphatic rings. The van der Waals surface area contributed by atoms with Crippen molar-refractivity contribution in [3.05, 3.63) is 108 Å². The smallest absolute Gasteiger partial charge is 0.253 e. The van der Waals surface area contributed by atoms with Crippen LogP contribution in [0.15, 0.2) is 91.4 Å². The Bertz CT molecular complexity index is 1560. The number of hydrogen-bond acceptors (Lipinski definition) is 4. The monoisotopic (exact) mass is 511 g/mol. The lowest BCUT2D eigenvalue weighted by Gasteiger charge is -2.35. The van der Waals surface area contributed by atoms with Crippen LogP contribution in [-0.4, -0.2) is 51.5 Å². The van der Waals surface area contributed by atoms with Crippen molar-refractivity contribution in [3.63, 3.8) is 0 Å². The Labute approximate surface area is 218 Å². The second-order valence-corrected chi connectivity index (χ2v) is 9.37. The first-order valence-corrected chi connectivity index (χ1v) is 12.4. The molecule has 184 valence electrons. The number of carbonyl (C=O) groups is 1. The Morgan fingerprint density at radius 1 is 0.838 bits per heavy atom. The molecule has 1 fully saturated rings. The Balaban J connectivity index is 1.36. The SMILES string of the molecule is O=C(c1ccc(F)cc1)N1CCN(c2ncnc3c2c(-c2ccccc2)cn3-c2ccc(Cl)cc2)CC1. The van der Waals surface area contributed by atoms with Crippen molar-refractivity contribution in [1.82, 2.24) is 19.4 Å². The van der Waals surface area contributed by atoms with Crippen LogP contribution in [0.25, 0.3) is 27.8 Å². The van der Waals surface area contributed by atoms with Gasteiger partial charge in [-0.1, -0.05) is 41.9 Å². The maximum atomic E-state index is 13.3. The van der Waals surface area contributed by atoms with Gasteiger partial charge in [-0.25, -0.2) is 14.4 Å². The molecule has 6 nitrogen and oxygen atoms in total. The fourth-order valence-corrected chi connectivity index (χ4v) is 4.94. The Hall–Kier alpha value is -4.23. The molecule has 0 aliphatic carbocycles. The number of nitrogens with zero attached hydrogens (tertiary/aromatic N) is 5. The molecule has 1 aliphatic heterocycles. The first-order valence-electron chi connectivity index (χ1n) is 12.1. The van der Waals surface area contributed by atoms with E-state index in [2.05, 4.69) is 32.8 Å². The number of carbonyl (C=O) groups excluding carboxylic acids is 1. The number of amides is 1. The molecule has 5 aromatic rings. The normalized spacial score (nSPS) is 13.8. The zero-order chi connectivity index (χ0) is 25.4. The minimum absolute atomic E-state index is 0.0913. The number of benzene rings is 3. The fourth-order valence-electron chi connectivity index (χ4n) is 4.82. The predicted molar refractivity (Wildman–Crippen MR) is 144 cm³/mol.